The van der Waals surface area contributed by atoms with Crippen LogP contribution in [0.25, 0.3) is 0 Å². The van der Waals surface area contributed by atoms with Crippen LogP contribution in [0.4, 0.5) is 8.78 Å². The summed E-state index contributed by atoms with van der Waals surface area (Å²) in [5.41, 5.74) is -0.308. The molecule has 2 fully saturated rings. The largest absolute Gasteiger partial charge is 0.355 e. The Bertz CT molecular complexity index is 579. The van der Waals surface area contributed by atoms with E-state index in [1.165, 1.54) is 0 Å². The second kappa shape index (κ2) is 8.08. The average molecular weight is 371 g/mol. The van der Waals surface area contributed by atoms with E-state index >= 15 is 0 Å². The molecule has 1 N–H and O–H groups in total. The number of amides is 1. The Balaban J connectivity index is 1.42. The monoisotopic (exact) mass is 371 g/mol. The highest BCUT2D eigenvalue weighted by molar-refractivity contribution is 7.09. The number of alkyl halides is 2. The fourth-order valence-electron chi connectivity index (χ4n) is 4.02. The van der Waals surface area contributed by atoms with Crippen LogP contribution in [0, 0.1) is 18.3 Å². The number of aryl methyl sites for hydroxylation is 1. The summed E-state index contributed by atoms with van der Waals surface area (Å²) in [6, 6.07) is 0. The molecular formula is C18H27F2N3OS. The number of nitrogens with zero attached hydrogens (tertiary/aromatic N) is 2. The van der Waals surface area contributed by atoms with Gasteiger partial charge < -0.3 is 5.32 Å². The lowest BCUT2D eigenvalue weighted by Crippen LogP contribution is -2.46. The topological polar surface area (TPSA) is 45.2 Å². The highest BCUT2D eigenvalue weighted by atomic mass is 32.1. The van der Waals surface area contributed by atoms with Gasteiger partial charge in [-0.25, -0.2) is 13.8 Å². The molecule has 0 atom stereocenters. The number of rotatable bonds is 6. The molecule has 1 aliphatic heterocycles. The molecule has 140 valence electrons. The number of thiazole rings is 1. The number of nitrogens with one attached hydrogen (secondary N) is 1. The number of hydrogen-bond donors (Lipinski definition) is 1. The highest BCUT2D eigenvalue weighted by Crippen LogP contribution is 2.43. The van der Waals surface area contributed by atoms with Crippen molar-refractivity contribution in [2.75, 3.05) is 19.6 Å². The van der Waals surface area contributed by atoms with Gasteiger partial charge in [0, 0.05) is 18.5 Å². The Morgan fingerprint density at radius 1 is 1.40 bits per heavy atom. The molecule has 7 heteroatoms. The first-order chi connectivity index (χ1) is 12.0. The molecule has 1 saturated carbocycles. The number of aromatic nitrogens is 1. The van der Waals surface area contributed by atoms with Gasteiger partial charge >= 0.3 is 0 Å². The maximum Gasteiger partial charge on any atom is 0.252 e. The van der Waals surface area contributed by atoms with E-state index in [2.05, 4.69) is 20.6 Å². The van der Waals surface area contributed by atoms with Gasteiger partial charge in [0.25, 0.3) is 6.43 Å². The first-order valence-corrected chi connectivity index (χ1v) is 10.1. The summed E-state index contributed by atoms with van der Waals surface area (Å²) in [6.07, 6.45) is 1.52. The molecule has 0 aromatic carbocycles. The van der Waals surface area contributed by atoms with E-state index in [-0.39, 0.29) is 0 Å². The minimum absolute atomic E-state index is 0.321. The number of likely N-dealkylation sites (tertiary alicyclic amines) is 1. The van der Waals surface area contributed by atoms with Crippen LogP contribution in [-0.2, 0) is 11.3 Å². The number of hydrogen-bond acceptors (Lipinski definition) is 4. The van der Waals surface area contributed by atoms with Crippen LogP contribution in [0.1, 0.15) is 49.2 Å². The second-order valence-electron chi connectivity index (χ2n) is 7.45. The highest BCUT2D eigenvalue weighted by Gasteiger charge is 2.49. The third kappa shape index (κ3) is 4.37. The minimum atomic E-state index is -2.56. The lowest BCUT2D eigenvalue weighted by molar-refractivity contribution is -0.140. The zero-order chi connectivity index (χ0) is 17.9. The van der Waals surface area contributed by atoms with Crippen LogP contribution < -0.4 is 5.32 Å². The number of carbonyl (C=O) groups is 1. The fraction of sp³-hybridized carbons (Fsp3) is 0.778. The van der Waals surface area contributed by atoms with Crippen molar-refractivity contribution in [2.45, 2.75) is 58.4 Å². The van der Waals surface area contributed by atoms with Gasteiger partial charge in [0.15, 0.2) is 0 Å². The van der Waals surface area contributed by atoms with Crippen molar-refractivity contribution in [3.8, 4) is 0 Å². The van der Waals surface area contributed by atoms with Crippen LogP contribution >= 0.6 is 11.3 Å². The van der Waals surface area contributed by atoms with E-state index in [0.29, 0.717) is 25.3 Å². The summed E-state index contributed by atoms with van der Waals surface area (Å²) in [5, 5.41) is 6.03. The van der Waals surface area contributed by atoms with Crippen molar-refractivity contribution in [1.29, 1.82) is 0 Å². The van der Waals surface area contributed by atoms with Gasteiger partial charge in [0.2, 0.25) is 5.91 Å². The Hall–Kier alpha value is -1.08. The van der Waals surface area contributed by atoms with Crippen molar-refractivity contribution in [3.63, 3.8) is 0 Å². The van der Waals surface area contributed by atoms with E-state index in [9.17, 15) is 13.6 Å². The predicted molar refractivity (Wildman–Crippen MR) is 94.8 cm³/mol. The van der Waals surface area contributed by atoms with E-state index in [4.69, 9.17) is 0 Å². The molecule has 1 aromatic heterocycles. The summed E-state index contributed by atoms with van der Waals surface area (Å²) in [4.78, 5) is 19.2. The molecule has 2 aliphatic rings. The quantitative estimate of drug-likeness (QED) is 0.831. The van der Waals surface area contributed by atoms with Gasteiger partial charge in [0.1, 0.15) is 5.41 Å². The summed E-state index contributed by atoms with van der Waals surface area (Å²) in [7, 11) is 0. The lowest BCUT2D eigenvalue weighted by atomic mass is 9.85. The summed E-state index contributed by atoms with van der Waals surface area (Å²) in [6.45, 7) is 5.35. The molecule has 1 aromatic rings. The van der Waals surface area contributed by atoms with Crippen molar-refractivity contribution in [1.82, 2.24) is 15.2 Å². The molecule has 0 unspecified atom stereocenters. The van der Waals surface area contributed by atoms with Gasteiger partial charge in [-0.05, 0) is 51.6 Å². The van der Waals surface area contributed by atoms with Crippen LogP contribution in [0.5, 0.6) is 0 Å². The van der Waals surface area contributed by atoms with Gasteiger partial charge in [0.05, 0.1) is 10.7 Å². The SMILES string of the molecule is Cc1nc(CN2CCC(CNC(=O)C3(C(F)F)CCCC3)CC2)cs1. The standard InChI is InChI=1S/C18H27F2N3OS/c1-13-22-15(12-25-13)11-23-8-4-14(5-9-23)10-21-17(24)18(16(19)20)6-2-3-7-18/h12,14,16H,2-11H2,1H3,(H,21,24). The zero-order valence-electron chi connectivity index (χ0n) is 14.8. The first kappa shape index (κ1) is 18.7. The summed E-state index contributed by atoms with van der Waals surface area (Å²) < 4.78 is 26.8. The minimum Gasteiger partial charge on any atom is -0.355 e. The second-order valence-corrected chi connectivity index (χ2v) is 8.51. The maximum absolute atomic E-state index is 13.4. The normalized spacial score (nSPS) is 21.8. The van der Waals surface area contributed by atoms with E-state index in [0.717, 1.165) is 56.0 Å². The van der Waals surface area contributed by atoms with Crippen molar-refractivity contribution < 1.29 is 13.6 Å². The molecule has 1 saturated heterocycles. The molecule has 0 bridgehead atoms. The number of carbonyl (C=O) groups excluding carboxylic acids is 1. The molecule has 25 heavy (non-hydrogen) atoms. The number of piperidine rings is 1. The van der Waals surface area contributed by atoms with Crippen molar-refractivity contribution in [2.24, 2.45) is 11.3 Å². The Morgan fingerprint density at radius 2 is 2.08 bits per heavy atom. The molecule has 1 aliphatic carbocycles. The van der Waals surface area contributed by atoms with Crippen molar-refractivity contribution in [3.05, 3.63) is 16.1 Å². The Morgan fingerprint density at radius 3 is 2.64 bits per heavy atom. The first-order valence-electron chi connectivity index (χ1n) is 9.19. The zero-order valence-corrected chi connectivity index (χ0v) is 15.6. The van der Waals surface area contributed by atoms with E-state index in [1.807, 2.05) is 6.92 Å². The third-order valence-electron chi connectivity index (χ3n) is 5.68. The molecule has 0 radical (unpaired) electrons. The molecular weight excluding hydrogens is 344 g/mol. The van der Waals surface area contributed by atoms with E-state index in [1.54, 1.807) is 11.3 Å². The average Bonchev–Trinajstić information content (AvgIpc) is 3.24. The Labute approximate surface area is 152 Å². The molecule has 0 spiro atoms. The smallest absolute Gasteiger partial charge is 0.252 e. The summed E-state index contributed by atoms with van der Waals surface area (Å²) >= 11 is 1.67. The van der Waals surface area contributed by atoms with Gasteiger partial charge in [-0.15, -0.1) is 11.3 Å². The lowest BCUT2D eigenvalue weighted by Gasteiger charge is -2.33. The molecule has 1 amide bonds. The van der Waals surface area contributed by atoms with Crippen LogP contribution in [-0.4, -0.2) is 41.9 Å². The van der Waals surface area contributed by atoms with E-state index < -0.39 is 17.7 Å². The molecule has 4 nitrogen and oxygen atoms in total. The van der Waals surface area contributed by atoms with Gasteiger partial charge in [-0.2, -0.15) is 0 Å². The molecule has 2 heterocycles. The fourth-order valence-corrected chi connectivity index (χ4v) is 4.63. The van der Waals surface area contributed by atoms with Crippen LogP contribution in [0.3, 0.4) is 0 Å². The molecule has 3 rings (SSSR count). The predicted octanol–water partition coefficient (Wildman–Crippen LogP) is 3.61. The van der Waals surface area contributed by atoms with Gasteiger partial charge in [-0.1, -0.05) is 12.8 Å². The number of halogens is 2. The summed E-state index contributed by atoms with van der Waals surface area (Å²) in [5.74, 6) is -0.0473. The third-order valence-corrected chi connectivity index (χ3v) is 6.50. The Kier molecular flexibility index (Phi) is 6.04. The van der Waals surface area contributed by atoms with Crippen LogP contribution in [0.2, 0.25) is 0 Å². The van der Waals surface area contributed by atoms with Crippen LogP contribution in [0.15, 0.2) is 5.38 Å². The van der Waals surface area contributed by atoms with Crippen molar-refractivity contribution >= 4 is 17.2 Å². The van der Waals surface area contributed by atoms with Gasteiger partial charge in [-0.3, -0.25) is 9.69 Å². The maximum atomic E-state index is 13.4.